The average Bonchev–Trinajstić information content (AvgIpc) is 2.48. The predicted molar refractivity (Wildman–Crippen MR) is 76.5 cm³/mol. The van der Waals surface area contributed by atoms with Crippen LogP contribution in [-0.2, 0) is 4.79 Å². The number of hydrogen-bond acceptors (Lipinski definition) is 4. The van der Waals surface area contributed by atoms with Crippen LogP contribution < -0.4 is 10.1 Å². The number of carboxylic acids is 1. The predicted octanol–water partition coefficient (Wildman–Crippen LogP) is 2.11. The van der Waals surface area contributed by atoms with Gasteiger partial charge in [-0.3, -0.25) is 9.78 Å². The van der Waals surface area contributed by atoms with Crippen LogP contribution in [0.2, 0.25) is 0 Å². The minimum atomic E-state index is -1.10. The van der Waals surface area contributed by atoms with E-state index in [4.69, 9.17) is 9.84 Å². The number of carbonyl (C=O) groups is 2. The van der Waals surface area contributed by atoms with Gasteiger partial charge in [0.2, 0.25) is 0 Å². The van der Waals surface area contributed by atoms with Gasteiger partial charge in [-0.05, 0) is 24.6 Å². The van der Waals surface area contributed by atoms with Gasteiger partial charge in [0.15, 0.2) is 6.61 Å². The van der Waals surface area contributed by atoms with Gasteiger partial charge in [0, 0.05) is 11.9 Å². The maximum atomic E-state index is 11.8. The number of aryl methyl sites for hydroxylation is 1. The number of nitrogens with zero attached hydrogens (tertiary/aromatic N) is 1. The van der Waals surface area contributed by atoms with Crippen molar-refractivity contribution in [2.45, 2.75) is 6.92 Å². The van der Waals surface area contributed by atoms with Crippen molar-refractivity contribution in [2.24, 2.45) is 0 Å². The zero-order valence-electron chi connectivity index (χ0n) is 11.4. The maximum Gasteiger partial charge on any atom is 0.337 e. The first-order valence-corrected chi connectivity index (χ1v) is 6.23. The van der Waals surface area contributed by atoms with E-state index < -0.39 is 5.97 Å². The van der Waals surface area contributed by atoms with Crippen LogP contribution in [0.25, 0.3) is 0 Å². The monoisotopic (exact) mass is 286 g/mol. The van der Waals surface area contributed by atoms with Crippen molar-refractivity contribution in [2.75, 3.05) is 11.9 Å². The van der Waals surface area contributed by atoms with E-state index in [2.05, 4.69) is 10.3 Å². The van der Waals surface area contributed by atoms with Crippen molar-refractivity contribution in [3.05, 3.63) is 53.9 Å². The molecule has 0 spiro atoms. The molecule has 21 heavy (non-hydrogen) atoms. The summed E-state index contributed by atoms with van der Waals surface area (Å²) in [6, 6.07) is 8.70. The molecule has 2 aromatic rings. The standard InChI is InChI=1S/C15H14N2O4/c1-10-4-2-3-5-13(10)17-14(18)9-21-12-6-11(15(19)20)7-16-8-12/h2-8H,9H2,1H3,(H,17,18)(H,19,20). The van der Waals surface area contributed by atoms with E-state index >= 15 is 0 Å². The highest BCUT2D eigenvalue weighted by Gasteiger charge is 2.08. The summed E-state index contributed by atoms with van der Waals surface area (Å²) in [6.07, 6.45) is 2.57. The van der Waals surface area contributed by atoms with Crippen molar-refractivity contribution in [1.82, 2.24) is 4.98 Å². The summed E-state index contributed by atoms with van der Waals surface area (Å²) in [5, 5.41) is 11.6. The molecule has 0 radical (unpaired) electrons. The number of carboxylic acid groups (broad SMARTS) is 1. The Bertz CT molecular complexity index is 670. The molecule has 6 nitrogen and oxygen atoms in total. The number of nitrogens with one attached hydrogen (secondary N) is 1. The zero-order chi connectivity index (χ0) is 15.2. The topological polar surface area (TPSA) is 88.5 Å². The van der Waals surface area contributed by atoms with Gasteiger partial charge in [-0.2, -0.15) is 0 Å². The first kappa shape index (κ1) is 14.5. The van der Waals surface area contributed by atoms with Gasteiger partial charge in [-0.15, -0.1) is 0 Å². The minimum absolute atomic E-state index is 0.00631. The Labute approximate surface area is 121 Å². The number of ether oxygens (including phenoxy) is 1. The lowest BCUT2D eigenvalue weighted by atomic mass is 10.2. The van der Waals surface area contributed by atoms with E-state index in [1.165, 1.54) is 18.5 Å². The second-order valence-electron chi connectivity index (χ2n) is 4.37. The fraction of sp³-hybridized carbons (Fsp3) is 0.133. The van der Waals surface area contributed by atoms with Crippen LogP contribution in [0.4, 0.5) is 5.69 Å². The number of para-hydroxylation sites is 1. The van der Waals surface area contributed by atoms with E-state index in [1.54, 1.807) is 6.07 Å². The Morgan fingerprint density at radius 2 is 2.05 bits per heavy atom. The highest BCUT2D eigenvalue weighted by Crippen LogP contribution is 2.14. The van der Waals surface area contributed by atoms with Gasteiger partial charge < -0.3 is 15.2 Å². The van der Waals surface area contributed by atoms with Crippen molar-refractivity contribution in [1.29, 1.82) is 0 Å². The highest BCUT2D eigenvalue weighted by atomic mass is 16.5. The Morgan fingerprint density at radius 3 is 2.76 bits per heavy atom. The van der Waals surface area contributed by atoms with Crippen molar-refractivity contribution in [3.8, 4) is 5.75 Å². The molecule has 1 aromatic carbocycles. The van der Waals surface area contributed by atoms with Gasteiger partial charge >= 0.3 is 5.97 Å². The third-order valence-electron chi connectivity index (χ3n) is 2.75. The molecule has 0 aliphatic heterocycles. The third-order valence-corrected chi connectivity index (χ3v) is 2.75. The fourth-order valence-corrected chi connectivity index (χ4v) is 1.66. The lowest BCUT2D eigenvalue weighted by Gasteiger charge is -2.09. The number of aromatic carboxylic acids is 1. The molecule has 1 amide bonds. The number of aromatic nitrogens is 1. The van der Waals surface area contributed by atoms with Crippen LogP contribution in [0.1, 0.15) is 15.9 Å². The molecular formula is C15H14N2O4. The van der Waals surface area contributed by atoms with Crippen LogP contribution in [0.3, 0.4) is 0 Å². The Hall–Kier alpha value is -2.89. The van der Waals surface area contributed by atoms with Gasteiger partial charge in [0.25, 0.3) is 5.91 Å². The molecule has 2 rings (SSSR count). The summed E-state index contributed by atoms with van der Waals surface area (Å²) in [6.45, 7) is 1.66. The molecule has 6 heteroatoms. The number of rotatable bonds is 5. The smallest absolute Gasteiger partial charge is 0.337 e. The van der Waals surface area contributed by atoms with Crippen molar-refractivity contribution in [3.63, 3.8) is 0 Å². The molecular weight excluding hydrogens is 272 g/mol. The fourth-order valence-electron chi connectivity index (χ4n) is 1.66. The SMILES string of the molecule is Cc1ccccc1NC(=O)COc1cncc(C(=O)O)c1. The molecule has 0 atom stereocenters. The van der Waals surface area contributed by atoms with Gasteiger partial charge in [-0.1, -0.05) is 18.2 Å². The summed E-state index contributed by atoms with van der Waals surface area (Å²) in [5.41, 5.74) is 1.66. The second kappa shape index (κ2) is 6.51. The first-order valence-electron chi connectivity index (χ1n) is 6.23. The highest BCUT2D eigenvalue weighted by molar-refractivity contribution is 5.92. The molecule has 1 heterocycles. The van der Waals surface area contributed by atoms with Crippen LogP contribution >= 0.6 is 0 Å². The van der Waals surface area contributed by atoms with E-state index in [-0.39, 0.29) is 23.8 Å². The molecule has 0 aliphatic rings. The molecule has 0 aliphatic carbocycles. The lowest BCUT2D eigenvalue weighted by molar-refractivity contribution is -0.118. The number of carbonyl (C=O) groups excluding carboxylic acids is 1. The van der Waals surface area contributed by atoms with E-state index in [1.807, 2.05) is 25.1 Å². The maximum absolute atomic E-state index is 11.8. The minimum Gasteiger partial charge on any atom is -0.482 e. The molecule has 108 valence electrons. The van der Waals surface area contributed by atoms with Gasteiger partial charge in [0.05, 0.1) is 11.8 Å². The summed E-state index contributed by atoms with van der Waals surface area (Å²) in [5.74, 6) is -1.20. The average molecular weight is 286 g/mol. The summed E-state index contributed by atoms with van der Waals surface area (Å²) < 4.78 is 5.23. The van der Waals surface area contributed by atoms with Crippen molar-refractivity contribution < 1.29 is 19.4 Å². The number of amides is 1. The summed E-state index contributed by atoms with van der Waals surface area (Å²) >= 11 is 0. The molecule has 0 saturated heterocycles. The molecule has 0 fully saturated rings. The van der Waals surface area contributed by atoms with Crippen LogP contribution in [0.5, 0.6) is 5.75 Å². The van der Waals surface area contributed by atoms with Gasteiger partial charge in [-0.25, -0.2) is 4.79 Å². The molecule has 1 aromatic heterocycles. The zero-order valence-corrected chi connectivity index (χ0v) is 11.4. The Kier molecular flexibility index (Phi) is 4.50. The molecule has 0 unspecified atom stereocenters. The second-order valence-corrected chi connectivity index (χ2v) is 4.37. The normalized spacial score (nSPS) is 9.95. The molecule has 2 N–H and O–H groups in total. The largest absolute Gasteiger partial charge is 0.482 e. The summed E-state index contributed by atoms with van der Waals surface area (Å²) in [4.78, 5) is 26.3. The number of hydrogen-bond donors (Lipinski definition) is 2. The van der Waals surface area contributed by atoms with Gasteiger partial charge in [0.1, 0.15) is 5.75 Å². The first-order chi connectivity index (χ1) is 10.1. The third kappa shape index (κ3) is 4.04. The van der Waals surface area contributed by atoms with Crippen LogP contribution in [0, 0.1) is 6.92 Å². The van der Waals surface area contributed by atoms with Crippen molar-refractivity contribution >= 4 is 17.6 Å². The Morgan fingerprint density at radius 1 is 1.29 bits per heavy atom. The van der Waals surface area contributed by atoms with E-state index in [0.717, 1.165) is 5.56 Å². The quantitative estimate of drug-likeness (QED) is 0.878. The van der Waals surface area contributed by atoms with Crippen LogP contribution in [0.15, 0.2) is 42.7 Å². The number of anilines is 1. The number of pyridine rings is 1. The molecule has 0 saturated carbocycles. The lowest BCUT2D eigenvalue weighted by Crippen LogP contribution is -2.20. The Balaban J connectivity index is 1.94. The van der Waals surface area contributed by atoms with Crippen LogP contribution in [-0.4, -0.2) is 28.6 Å². The van der Waals surface area contributed by atoms with E-state index in [0.29, 0.717) is 5.69 Å². The van der Waals surface area contributed by atoms with E-state index in [9.17, 15) is 9.59 Å². The molecule has 0 bridgehead atoms. The number of benzene rings is 1. The summed E-state index contributed by atoms with van der Waals surface area (Å²) in [7, 11) is 0.